The van der Waals surface area contributed by atoms with E-state index < -0.39 is 0 Å². The van der Waals surface area contributed by atoms with Gasteiger partial charge in [0, 0.05) is 6.04 Å². The predicted molar refractivity (Wildman–Crippen MR) is 80.9 cm³/mol. The maximum Gasteiger partial charge on any atom is 0.00843 e. The van der Waals surface area contributed by atoms with Crippen LogP contribution in [0.1, 0.15) is 59.1 Å². The van der Waals surface area contributed by atoms with E-state index in [2.05, 4.69) is 65.8 Å². The van der Waals surface area contributed by atoms with Crippen LogP contribution in [0.5, 0.6) is 0 Å². The topological polar surface area (TPSA) is 26.0 Å². The van der Waals surface area contributed by atoms with E-state index in [4.69, 9.17) is 5.73 Å². The van der Waals surface area contributed by atoms with Gasteiger partial charge in [0.2, 0.25) is 0 Å². The zero-order valence-electron chi connectivity index (χ0n) is 12.9. The molecule has 1 heteroatoms. The van der Waals surface area contributed by atoms with Crippen molar-refractivity contribution >= 4 is 0 Å². The smallest absolute Gasteiger partial charge is 0.00843 e. The second-order valence-electron chi connectivity index (χ2n) is 7.68. The van der Waals surface area contributed by atoms with Crippen LogP contribution in [0, 0.1) is 5.41 Å². The average Bonchev–Trinajstić information content (AvgIpc) is 2.13. The van der Waals surface area contributed by atoms with Crippen LogP contribution in [0.25, 0.3) is 0 Å². The van der Waals surface area contributed by atoms with Crippen molar-refractivity contribution in [3.63, 3.8) is 0 Å². The minimum atomic E-state index is 0.228. The molecular formula is C17H29N. The van der Waals surface area contributed by atoms with Crippen molar-refractivity contribution in [1.29, 1.82) is 0 Å². The predicted octanol–water partition coefficient (Wildman–Crippen LogP) is 4.29. The minimum absolute atomic E-state index is 0.228. The third-order valence-electron chi connectivity index (χ3n) is 3.19. The van der Waals surface area contributed by atoms with Gasteiger partial charge in [0.05, 0.1) is 0 Å². The first-order valence-electron chi connectivity index (χ1n) is 6.93. The number of rotatable bonds is 3. The molecule has 0 heterocycles. The van der Waals surface area contributed by atoms with Gasteiger partial charge in [0.25, 0.3) is 0 Å². The van der Waals surface area contributed by atoms with Crippen molar-refractivity contribution in [2.75, 3.05) is 0 Å². The molecule has 0 saturated heterocycles. The minimum Gasteiger partial charge on any atom is -0.327 e. The van der Waals surface area contributed by atoms with Crippen LogP contribution in [-0.2, 0) is 11.8 Å². The molecule has 0 bridgehead atoms. The van der Waals surface area contributed by atoms with Crippen molar-refractivity contribution in [2.45, 2.75) is 65.8 Å². The van der Waals surface area contributed by atoms with Crippen LogP contribution in [-0.4, -0.2) is 6.04 Å². The zero-order chi connectivity index (χ0) is 14.0. The Morgan fingerprint density at radius 2 is 1.44 bits per heavy atom. The van der Waals surface area contributed by atoms with E-state index in [1.165, 1.54) is 11.1 Å². The summed E-state index contributed by atoms with van der Waals surface area (Å²) in [4.78, 5) is 0. The number of benzene rings is 1. The molecule has 0 radical (unpaired) electrons. The van der Waals surface area contributed by atoms with Crippen LogP contribution in [0.4, 0.5) is 0 Å². The molecule has 0 aliphatic carbocycles. The van der Waals surface area contributed by atoms with Crippen LogP contribution in [0.2, 0.25) is 0 Å². The Hall–Kier alpha value is -0.820. The van der Waals surface area contributed by atoms with Gasteiger partial charge in [0.1, 0.15) is 0 Å². The zero-order valence-corrected chi connectivity index (χ0v) is 12.9. The molecule has 1 aromatic carbocycles. The van der Waals surface area contributed by atoms with Crippen molar-refractivity contribution in [3.8, 4) is 0 Å². The number of nitrogens with two attached hydrogens (primary N) is 1. The monoisotopic (exact) mass is 247 g/mol. The molecule has 2 N–H and O–H groups in total. The molecule has 102 valence electrons. The Labute approximate surface area is 113 Å². The van der Waals surface area contributed by atoms with Gasteiger partial charge in [-0.05, 0) is 34.8 Å². The van der Waals surface area contributed by atoms with Crippen LogP contribution >= 0.6 is 0 Å². The van der Waals surface area contributed by atoms with Gasteiger partial charge in [-0.15, -0.1) is 0 Å². The van der Waals surface area contributed by atoms with Crippen molar-refractivity contribution < 1.29 is 0 Å². The van der Waals surface area contributed by atoms with Crippen LogP contribution in [0.15, 0.2) is 24.3 Å². The highest BCUT2D eigenvalue weighted by Gasteiger charge is 2.17. The van der Waals surface area contributed by atoms with E-state index in [0.29, 0.717) is 5.41 Å². The van der Waals surface area contributed by atoms with Gasteiger partial charge in [-0.2, -0.15) is 0 Å². The lowest BCUT2D eigenvalue weighted by atomic mass is 9.84. The highest BCUT2D eigenvalue weighted by molar-refractivity contribution is 5.27. The lowest BCUT2D eigenvalue weighted by Gasteiger charge is -2.23. The summed E-state index contributed by atoms with van der Waals surface area (Å²) in [7, 11) is 0. The Morgan fingerprint density at radius 1 is 0.944 bits per heavy atom. The lowest BCUT2D eigenvalue weighted by Crippen LogP contribution is -2.28. The summed E-state index contributed by atoms with van der Waals surface area (Å²) in [5.74, 6) is 0. The fourth-order valence-corrected chi connectivity index (χ4v) is 2.30. The Kier molecular flexibility index (Phi) is 4.61. The first-order valence-corrected chi connectivity index (χ1v) is 6.93. The molecule has 1 rings (SSSR count). The second kappa shape index (κ2) is 5.44. The molecule has 0 aliphatic heterocycles. The highest BCUT2D eigenvalue weighted by Crippen LogP contribution is 2.24. The summed E-state index contributed by atoms with van der Waals surface area (Å²) in [6, 6.07) is 9.18. The van der Waals surface area contributed by atoms with Gasteiger partial charge in [0.15, 0.2) is 0 Å². The molecule has 1 nitrogen and oxygen atoms in total. The number of hydrogen-bond acceptors (Lipinski definition) is 1. The van der Waals surface area contributed by atoms with Crippen LogP contribution < -0.4 is 5.73 Å². The molecule has 0 fully saturated rings. The highest BCUT2D eigenvalue weighted by atomic mass is 14.6. The van der Waals surface area contributed by atoms with Crippen LogP contribution in [0.3, 0.4) is 0 Å². The summed E-state index contributed by atoms with van der Waals surface area (Å²) < 4.78 is 0. The van der Waals surface area contributed by atoms with E-state index in [1.54, 1.807) is 0 Å². The van der Waals surface area contributed by atoms with E-state index in [-0.39, 0.29) is 11.5 Å². The average molecular weight is 247 g/mol. The van der Waals surface area contributed by atoms with Gasteiger partial charge in [-0.25, -0.2) is 0 Å². The van der Waals surface area contributed by atoms with Crippen molar-refractivity contribution in [2.24, 2.45) is 11.1 Å². The SMILES string of the molecule is CC(C)(C)CC(N)Cc1ccc(C(C)(C)C)cc1. The summed E-state index contributed by atoms with van der Waals surface area (Å²) in [6.45, 7) is 13.5. The molecule has 18 heavy (non-hydrogen) atoms. The third-order valence-corrected chi connectivity index (χ3v) is 3.19. The van der Waals surface area contributed by atoms with E-state index in [9.17, 15) is 0 Å². The first kappa shape index (κ1) is 15.2. The summed E-state index contributed by atoms with van der Waals surface area (Å²) in [6.07, 6.45) is 2.04. The summed E-state index contributed by atoms with van der Waals surface area (Å²) in [5, 5.41) is 0. The molecule has 0 amide bonds. The third kappa shape index (κ3) is 5.22. The Bertz CT molecular complexity index is 362. The van der Waals surface area contributed by atoms with E-state index >= 15 is 0 Å². The molecule has 0 aromatic heterocycles. The van der Waals surface area contributed by atoms with Crippen molar-refractivity contribution in [3.05, 3.63) is 35.4 Å². The molecule has 0 aliphatic rings. The van der Waals surface area contributed by atoms with E-state index in [1.807, 2.05) is 0 Å². The molecular weight excluding hydrogens is 218 g/mol. The number of hydrogen-bond donors (Lipinski definition) is 1. The molecule has 1 unspecified atom stereocenters. The lowest BCUT2D eigenvalue weighted by molar-refractivity contribution is 0.338. The molecule has 1 atom stereocenters. The standard InChI is InChI=1S/C17H29N/c1-16(2,3)12-15(18)11-13-7-9-14(10-8-13)17(4,5)6/h7-10,15H,11-12,18H2,1-6H3. The van der Waals surface area contributed by atoms with Crippen molar-refractivity contribution in [1.82, 2.24) is 0 Å². The fraction of sp³-hybridized carbons (Fsp3) is 0.647. The van der Waals surface area contributed by atoms with Gasteiger partial charge in [-0.3, -0.25) is 0 Å². The second-order valence-corrected chi connectivity index (χ2v) is 7.68. The summed E-state index contributed by atoms with van der Waals surface area (Å²) in [5.41, 5.74) is 9.49. The van der Waals surface area contributed by atoms with Gasteiger partial charge >= 0.3 is 0 Å². The van der Waals surface area contributed by atoms with Gasteiger partial charge in [-0.1, -0.05) is 65.8 Å². The summed E-state index contributed by atoms with van der Waals surface area (Å²) >= 11 is 0. The molecule has 0 spiro atoms. The van der Waals surface area contributed by atoms with Gasteiger partial charge < -0.3 is 5.73 Å². The largest absolute Gasteiger partial charge is 0.327 e. The first-order chi connectivity index (χ1) is 8.08. The maximum atomic E-state index is 6.22. The quantitative estimate of drug-likeness (QED) is 0.847. The Morgan fingerprint density at radius 3 is 1.83 bits per heavy atom. The molecule has 1 aromatic rings. The van der Waals surface area contributed by atoms with E-state index in [0.717, 1.165) is 12.8 Å². The normalized spacial score (nSPS) is 14.6. The Balaban J connectivity index is 2.64. The maximum absolute atomic E-state index is 6.22. The molecule has 0 saturated carbocycles. The fourth-order valence-electron chi connectivity index (χ4n) is 2.30.